The molecule has 0 atom stereocenters. The fourth-order valence-electron chi connectivity index (χ4n) is 1.19. The van der Waals surface area contributed by atoms with Gasteiger partial charge >= 0.3 is 0 Å². The maximum atomic E-state index is 10.7. The first-order valence-electron chi connectivity index (χ1n) is 4.02. The van der Waals surface area contributed by atoms with Crippen LogP contribution in [0.4, 0.5) is 0 Å². The summed E-state index contributed by atoms with van der Waals surface area (Å²) in [7, 11) is 0. The van der Waals surface area contributed by atoms with Crippen LogP contribution in [-0.4, -0.2) is 20.0 Å². The second kappa shape index (κ2) is 3.63. The third kappa shape index (κ3) is 1.42. The smallest absolute Gasteiger partial charge is 0.169 e. The Labute approximate surface area is 85.0 Å². The molecule has 14 heavy (non-hydrogen) atoms. The zero-order valence-electron chi connectivity index (χ0n) is 7.47. The Morgan fingerprint density at radius 1 is 1.43 bits per heavy atom. The standard InChI is InChI=1S/C9H7N3OS/c1-6-9(12-14-11-6)7-3-2-4-10-8(7)5-13/h2-5H,1H3. The van der Waals surface area contributed by atoms with Crippen molar-refractivity contribution in [1.82, 2.24) is 13.7 Å². The van der Waals surface area contributed by atoms with E-state index < -0.39 is 0 Å². The Balaban J connectivity index is 2.62. The van der Waals surface area contributed by atoms with E-state index in [2.05, 4.69) is 13.7 Å². The maximum absolute atomic E-state index is 10.7. The topological polar surface area (TPSA) is 55.7 Å². The summed E-state index contributed by atoms with van der Waals surface area (Å²) in [6.45, 7) is 1.86. The number of aromatic nitrogens is 3. The van der Waals surface area contributed by atoms with E-state index in [1.165, 1.54) is 0 Å². The molecular weight excluding hydrogens is 198 g/mol. The van der Waals surface area contributed by atoms with Crippen LogP contribution in [0.3, 0.4) is 0 Å². The molecular formula is C9H7N3OS. The third-order valence-corrected chi connectivity index (χ3v) is 2.48. The summed E-state index contributed by atoms with van der Waals surface area (Å²) in [6, 6.07) is 3.60. The fourth-order valence-corrected chi connectivity index (χ4v) is 1.75. The normalized spacial score (nSPS) is 10.1. The van der Waals surface area contributed by atoms with Crippen LogP contribution in [0.15, 0.2) is 18.3 Å². The number of aldehydes is 1. The minimum absolute atomic E-state index is 0.406. The van der Waals surface area contributed by atoms with Gasteiger partial charge in [-0.15, -0.1) is 0 Å². The van der Waals surface area contributed by atoms with E-state index in [4.69, 9.17) is 0 Å². The van der Waals surface area contributed by atoms with Gasteiger partial charge in [-0.3, -0.25) is 9.78 Å². The van der Waals surface area contributed by atoms with Crippen molar-refractivity contribution in [3.05, 3.63) is 29.7 Å². The molecule has 0 aliphatic heterocycles. The van der Waals surface area contributed by atoms with Gasteiger partial charge < -0.3 is 0 Å². The Kier molecular flexibility index (Phi) is 2.32. The molecule has 4 nitrogen and oxygen atoms in total. The summed E-state index contributed by atoms with van der Waals surface area (Å²) in [5, 5.41) is 0. The molecule has 0 bridgehead atoms. The van der Waals surface area contributed by atoms with Crippen LogP contribution in [0.1, 0.15) is 16.2 Å². The minimum atomic E-state index is 0.406. The Morgan fingerprint density at radius 2 is 2.29 bits per heavy atom. The van der Waals surface area contributed by atoms with Gasteiger partial charge in [-0.2, -0.15) is 8.75 Å². The van der Waals surface area contributed by atoms with Crippen LogP contribution in [-0.2, 0) is 0 Å². The summed E-state index contributed by atoms with van der Waals surface area (Å²) in [5.41, 5.74) is 2.72. The molecule has 0 unspecified atom stereocenters. The van der Waals surface area contributed by atoms with E-state index in [9.17, 15) is 4.79 Å². The van der Waals surface area contributed by atoms with Gasteiger partial charge in [0.15, 0.2) is 6.29 Å². The lowest BCUT2D eigenvalue weighted by Crippen LogP contribution is -1.92. The number of nitrogens with zero attached hydrogens (tertiary/aromatic N) is 3. The second-order valence-electron chi connectivity index (χ2n) is 2.75. The SMILES string of the molecule is Cc1nsnc1-c1cccnc1C=O. The van der Waals surface area contributed by atoms with Crippen LogP contribution in [0.25, 0.3) is 11.3 Å². The zero-order valence-corrected chi connectivity index (χ0v) is 8.28. The summed E-state index contributed by atoms with van der Waals surface area (Å²) in [4.78, 5) is 14.7. The fraction of sp³-hybridized carbons (Fsp3) is 0.111. The number of aryl methyl sites for hydroxylation is 1. The Hall–Kier alpha value is -1.62. The molecule has 2 aromatic heterocycles. The third-order valence-electron chi connectivity index (χ3n) is 1.86. The molecule has 0 fully saturated rings. The molecule has 0 amide bonds. The van der Waals surface area contributed by atoms with Crippen LogP contribution < -0.4 is 0 Å². The van der Waals surface area contributed by atoms with Crippen LogP contribution >= 0.6 is 11.7 Å². The number of hydrogen-bond donors (Lipinski definition) is 0. The molecule has 2 heterocycles. The second-order valence-corrected chi connectivity index (χ2v) is 3.28. The van der Waals surface area contributed by atoms with Crippen molar-refractivity contribution in [1.29, 1.82) is 0 Å². The molecule has 2 aromatic rings. The Morgan fingerprint density at radius 3 is 2.93 bits per heavy atom. The monoisotopic (exact) mass is 205 g/mol. The summed E-state index contributed by atoms with van der Waals surface area (Å²) in [6.07, 6.45) is 2.32. The maximum Gasteiger partial charge on any atom is 0.169 e. The van der Waals surface area contributed by atoms with Gasteiger partial charge in [0.05, 0.1) is 17.4 Å². The number of carbonyl (C=O) groups is 1. The van der Waals surface area contributed by atoms with Gasteiger partial charge in [0.1, 0.15) is 11.4 Å². The molecule has 0 saturated carbocycles. The van der Waals surface area contributed by atoms with Crippen LogP contribution in [0, 0.1) is 6.92 Å². The molecule has 0 saturated heterocycles. The van der Waals surface area contributed by atoms with Gasteiger partial charge in [0.2, 0.25) is 0 Å². The highest BCUT2D eigenvalue weighted by Gasteiger charge is 2.10. The molecule has 70 valence electrons. The van der Waals surface area contributed by atoms with Crippen molar-refractivity contribution in [3.8, 4) is 11.3 Å². The van der Waals surface area contributed by atoms with Gasteiger partial charge in [-0.05, 0) is 19.1 Å². The predicted octanol–water partition coefficient (Wildman–Crippen LogP) is 1.72. The van der Waals surface area contributed by atoms with Crippen LogP contribution in [0.5, 0.6) is 0 Å². The average molecular weight is 205 g/mol. The van der Waals surface area contributed by atoms with Crippen molar-refractivity contribution in [2.45, 2.75) is 6.92 Å². The summed E-state index contributed by atoms with van der Waals surface area (Å²) in [5.74, 6) is 0. The number of pyridine rings is 1. The van der Waals surface area contributed by atoms with Crippen molar-refractivity contribution in [2.24, 2.45) is 0 Å². The van der Waals surface area contributed by atoms with E-state index in [0.717, 1.165) is 35.0 Å². The summed E-state index contributed by atoms with van der Waals surface area (Å²) >= 11 is 1.14. The van der Waals surface area contributed by atoms with Crippen molar-refractivity contribution >= 4 is 18.0 Å². The lowest BCUT2D eigenvalue weighted by Gasteiger charge is -1.99. The highest BCUT2D eigenvalue weighted by molar-refractivity contribution is 6.99. The van der Waals surface area contributed by atoms with E-state index in [-0.39, 0.29) is 0 Å². The number of rotatable bonds is 2. The first kappa shape index (κ1) is 8.96. The van der Waals surface area contributed by atoms with Crippen molar-refractivity contribution in [2.75, 3.05) is 0 Å². The van der Waals surface area contributed by atoms with E-state index in [0.29, 0.717) is 5.69 Å². The quantitative estimate of drug-likeness (QED) is 0.700. The van der Waals surface area contributed by atoms with Crippen LogP contribution in [0.2, 0.25) is 0 Å². The number of carbonyl (C=O) groups excluding carboxylic acids is 1. The molecule has 0 aliphatic rings. The first-order chi connectivity index (χ1) is 6.83. The average Bonchev–Trinajstić information content (AvgIpc) is 2.64. The number of hydrogen-bond acceptors (Lipinski definition) is 5. The van der Waals surface area contributed by atoms with E-state index >= 15 is 0 Å². The molecule has 0 radical (unpaired) electrons. The van der Waals surface area contributed by atoms with Gasteiger partial charge in [-0.1, -0.05) is 0 Å². The molecule has 5 heteroatoms. The lowest BCUT2D eigenvalue weighted by molar-refractivity contribution is 0.111. The zero-order chi connectivity index (χ0) is 9.97. The largest absolute Gasteiger partial charge is 0.296 e. The van der Waals surface area contributed by atoms with E-state index in [1.54, 1.807) is 12.3 Å². The Bertz CT molecular complexity index is 467. The molecule has 0 spiro atoms. The van der Waals surface area contributed by atoms with Crippen molar-refractivity contribution < 1.29 is 4.79 Å². The molecule has 2 rings (SSSR count). The van der Waals surface area contributed by atoms with E-state index in [1.807, 2.05) is 13.0 Å². The predicted molar refractivity (Wildman–Crippen MR) is 53.3 cm³/mol. The summed E-state index contributed by atoms with van der Waals surface area (Å²) < 4.78 is 8.18. The molecule has 0 N–H and O–H groups in total. The van der Waals surface area contributed by atoms with Crippen molar-refractivity contribution in [3.63, 3.8) is 0 Å². The first-order valence-corrected chi connectivity index (χ1v) is 4.75. The lowest BCUT2D eigenvalue weighted by atomic mass is 10.1. The molecule has 0 aliphatic carbocycles. The van der Waals surface area contributed by atoms with Gasteiger partial charge in [-0.25, -0.2) is 0 Å². The van der Waals surface area contributed by atoms with Gasteiger partial charge in [0, 0.05) is 11.8 Å². The highest BCUT2D eigenvalue weighted by Crippen LogP contribution is 2.22. The minimum Gasteiger partial charge on any atom is -0.296 e. The van der Waals surface area contributed by atoms with Gasteiger partial charge in [0.25, 0.3) is 0 Å². The highest BCUT2D eigenvalue weighted by atomic mass is 32.1. The molecule has 0 aromatic carbocycles.